The molecule has 11 heteroatoms. The lowest BCUT2D eigenvalue weighted by Crippen LogP contribution is -2.40. The van der Waals surface area contributed by atoms with Gasteiger partial charge in [0.1, 0.15) is 6.33 Å². The van der Waals surface area contributed by atoms with Gasteiger partial charge in [0.2, 0.25) is 5.91 Å². The Hall–Kier alpha value is -4.96. The number of hydrogen-bond acceptors (Lipinski definition) is 6. The number of carboxylic acids is 1. The molecule has 1 atom stereocenters. The van der Waals surface area contributed by atoms with Gasteiger partial charge in [-0.25, -0.2) is 0 Å². The van der Waals surface area contributed by atoms with E-state index >= 15 is 0 Å². The molecule has 40 heavy (non-hydrogen) atoms. The Bertz CT molecular complexity index is 1650. The number of halogens is 1. The zero-order valence-electron chi connectivity index (χ0n) is 21.3. The van der Waals surface area contributed by atoms with Gasteiger partial charge in [0.05, 0.1) is 18.2 Å². The van der Waals surface area contributed by atoms with Crippen LogP contribution in [0.25, 0.3) is 22.7 Å². The molecule has 0 aliphatic rings. The molecular formula is C29H26ClN7O3. The molecule has 0 fully saturated rings. The van der Waals surface area contributed by atoms with E-state index in [-0.39, 0.29) is 18.4 Å². The monoisotopic (exact) mass is 555 g/mol. The molecule has 3 aromatic carbocycles. The van der Waals surface area contributed by atoms with Gasteiger partial charge in [-0.2, -0.15) is 4.68 Å². The summed E-state index contributed by atoms with van der Waals surface area (Å²) in [6.45, 7) is 0.450. The molecule has 5 aromatic rings. The molecule has 0 bridgehead atoms. The number of carbonyl (C=O) groups excluding carboxylic acids is 1. The van der Waals surface area contributed by atoms with E-state index < -0.39 is 5.97 Å². The third kappa shape index (κ3) is 6.72. The topological polar surface area (TPSA) is 138 Å². The van der Waals surface area contributed by atoms with E-state index in [2.05, 4.69) is 31.1 Å². The van der Waals surface area contributed by atoms with Crippen molar-refractivity contribution in [1.82, 2.24) is 30.5 Å². The highest BCUT2D eigenvalue weighted by molar-refractivity contribution is 6.30. The minimum Gasteiger partial charge on any atom is -0.481 e. The number of H-pyrrole nitrogens is 1. The van der Waals surface area contributed by atoms with E-state index in [0.717, 1.165) is 22.2 Å². The third-order valence-electron chi connectivity index (χ3n) is 6.33. The second kappa shape index (κ2) is 12.3. The van der Waals surface area contributed by atoms with E-state index in [0.29, 0.717) is 34.8 Å². The maximum Gasteiger partial charge on any atom is 0.307 e. The van der Waals surface area contributed by atoms with Gasteiger partial charge in [-0.05, 0) is 70.4 Å². The van der Waals surface area contributed by atoms with Crippen LogP contribution in [0.15, 0.2) is 85.3 Å². The lowest BCUT2D eigenvalue weighted by molar-refractivity contribution is -0.136. The van der Waals surface area contributed by atoms with Crippen LogP contribution in [0.2, 0.25) is 5.02 Å². The SMILES string of the molecule is O=C(O)Cc1c[nH]c2ccc(NC[C@H](Cc3ccccc3)NC(=O)/C=C/c3cc(Cl)ccc3-n3cnnn3)cc12. The molecule has 0 aliphatic carbocycles. The Morgan fingerprint density at radius 1 is 1.10 bits per heavy atom. The van der Waals surface area contributed by atoms with Crippen molar-refractivity contribution in [1.29, 1.82) is 0 Å². The van der Waals surface area contributed by atoms with Crippen LogP contribution < -0.4 is 10.6 Å². The number of aliphatic carboxylic acids is 1. The quantitative estimate of drug-likeness (QED) is 0.178. The number of rotatable bonds is 11. The van der Waals surface area contributed by atoms with Crippen LogP contribution in [-0.2, 0) is 22.4 Å². The molecule has 5 rings (SSSR count). The van der Waals surface area contributed by atoms with Crippen molar-refractivity contribution in [3.05, 3.63) is 107 Å². The zero-order valence-corrected chi connectivity index (χ0v) is 22.0. The summed E-state index contributed by atoms with van der Waals surface area (Å²) < 4.78 is 1.50. The summed E-state index contributed by atoms with van der Waals surface area (Å²) in [4.78, 5) is 27.4. The summed E-state index contributed by atoms with van der Waals surface area (Å²) in [5.74, 6) is -1.16. The molecule has 10 nitrogen and oxygen atoms in total. The Labute approximate surface area is 234 Å². The Morgan fingerprint density at radius 2 is 1.95 bits per heavy atom. The highest BCUT2D eigenvalue weighted by Gasteiger charge is 2.14. The number of carbonyl (C=O) groups is 2. The van der Waals surface area contributed by atoms with Crippen LogP contribution in [0, 0.1) is 0 Å². The fourth-order valence-corrected chi connectivity index (χ4v) is 4.65. The van der Waals surface area contributed by atoms with Gasteiger partial charge >= 0.3 is 5.97 Å². The summed E-state index contributed by atoms with van der Waals surface area (Å²) in [5.41, 5.74) is 4.86. The lowest BCUT2D eigenvalue weighted by atomic mass is 10.1. The molecule has 0 saturated carbocycles. The van der Waals surface area contributed by atoms with E-state index in [1.54, 1.807) is 30.5 Å². The van der Waals surface area contributed by atoms with Crippen LogP contribution >= 0.6 is 11.6 Å². The van der Waals surface area contributed by atoms with Crippen molar-refractivity contribution < 1.29 is 14.7 Å². The molecule has 2 aromatic heterocycles. The van der Waals surface area contributed by atoms with Crippen molar-refractivity contribution >= 4 is 46.1 Å². The first-order chi connectivity index (χ1) is 19.4. The predicted octanol–water partition coefficient (Wildman–Crippen LogP) is 4.28. The number of anilines is 1. The lowest BCUT2D eigenvalue weighted by Gasteiger charge is -2.20. The summed E-state index contributed by atoms with van der Waals surface area (Å²) in [6.07, 6.45) is 6.87. The minimum absolute atomic E-state index is 0.0652. The van der Waals surface area contributed by atoms with Crippen LogP contribution in [-0.4, -0.2) is 54.8 Å². The average Bonchev–Trinajstić information content (AvgIpc) is 3.61. The van der Waals surface area contributed by atoms with E-state index in [4.69, 9.17) is 11.6 Å². The first-order valence-electron chi connectivity index (χ1n) is 12.6. The van der Waals surface area contributed by atoms with Crippen molar-refractivity contribution in [2.45, 2.75) is 18.9 Å². The summed E-state index contributed by atoms with van der Waals surface area (Å²) in [7, 11) is 0. The third-order valence-corrected chi connectivity index (χ3v) is 6.57. The molecule has 0 aliphatic heterocycles. The van der Waals surface area contributed by atoms with E-state index in [1.165, 1.54) is 17.1 Å². The Kier molecular flexibility index (Phi) is 8.17. The molecule has 0 unspecified atom stereocenters. The normalized spacial score (nSPS) is 12.0. The van der Waals surface area contributed by atoms with Gasteiger partial charge in [0, 0.05) is 46.0 Å². The van der Waals surface area contributed by atoms with Gasteiger partial charge in [0.25, 0.3) is 0 Å². The molecule has 202 valence electrons. The number of nitrogens with zero attached hydrogens (tertiary/aromatic N) is 4. The van der Waals surface area contributed by atoms with Gasteiger partial charge < -0.3 is 20.7 Å². The zero-order chi connectivity index (χ0) is 27.9. The number of hydrogen-bond donors (Lipinski definition) is 4. The average molecular weight is 556 g/mol. The van der Waals surface area contributed by atoms with Crippen molar-refractivity contribution in [2.75, 3.05) is 11.9 Å². The van der Waals surface area contributed by atoms with Gasteiger partial charge in [0.15, 0.2) is 0 Å². The molecule has 1 amide bonds. The van der Waals surface area contributed by atoms with E-state index in [9.17, 15) is 14.7 Å². The smallest absolute Gasteiger partial charge is 0.307 e. The highest BCUT2D eigenvalue weighted by Crippen LogP contribution is 2.23. The Morgan fingerprint density at radius 3 is 2.73 bits per heavy atom. The number of benzene rings is 3. The fourth-order valence-electron chi connectivity index (χ4n) is 4.47. The second-order valence-corrected chi connectivity index (χ2v) is 9.65. The van der Waals surface area contributed by atoms with Gasteiger partial charge in [-0.1, -0.05) is 41.9 Å². The maximum atomic E-state index is 13.0. The number of aromatic amines is 1. The Balaban J connectivity index is 1.31. The van der Waals surface area contributed by atoms with E-state index in [1.807, 2.05) is 48.5 Å². The van der Waals surface area contributed by atoms with Crippen LogP contribution in [0.1, 0.15) is 16.7 Å². The molecule has 0 saturated heterocycles. The fraction of sp³-hybridized carbons (Fsp3) is 0.138. The maximum absolute atomic E-state index is 13.0. The molecule has 4 N–H and O–H groups in total. The summed E-state index contributed by atoms with van der Waals surface area (Å²) in [5, 5.41) is 28.3. The van der Waals surface area contributed by atoms with Gasteiger partial charge in [-0.3, -0.25) is 9.59 Å². The van der Waals surface area contributed by atoms with Crippen LogP contribution in [0.4, 0.5) is 5.69 Å². The molecule has 0 radical (unpaired) electrons. The first-order valence-corrected chi connectivity index (χ1v) is 12.9. The predicted molar refractivity (Wildman–Crippen MR) is 153 cm³/mol. The summed E-state index contributed by atoms with van der Waals surface area (Å²) >= 11 is 6.20. The summed E-state index contributed by atoms with van der Waals surface area (Å²) in [6, 6.07) is 20.7. The minimum atomic E-state index is -0.888. The van der Waals surface area contributed by atoms with Crippen LogP contribution in [0.3, 0.4) is 0 Å². The van der Waals surface area contributed by atoms with Gasteiger partial charge in [-0.15, -0.1) is 5.10 Å². The van der Waals surface area contributed by atoms with Crippen LogP contribution in [0.5, 0.6) is 0 Å². The number of aromatic nitrogens is 5. The molecule has 2 heterocycles. The van der Waals surface area contributed by atoms with Crippen molar-refractivity contribution in [3.8, 4) is 5.69 Å². The number of amides is 1. The van der Waals surface area contributed by atoms with Crippen molar-refractivity contribution in [3.63, 3.8) is 0 Å². The molecule has 0 spiro atoms. The second-order valence-electron chi connectivity index (χ2n) is 9.21. The number of nitrogens with one attached hydrogen (secondary N) is 3. The van der Waals surface area contributed by atoms with Crippen molar-refractivity contribution in [2.24, 2.45) is 0 Å². The highest BCUT2D eigenvalue weighted by atomic mass is 35.5. The number of carboxylic acid groups (broad SMARTS) is 1. The first kappa shape index (κ1) is 26.6. The molecular weight excluding hydrogens is 530 g/mol. The number of fused-ring (bicyclic) bond motifs is 1. The standard InChI is InChI=1S/C29H26ClN7O3/c30-22-7-10-27(37-18-33-35-36-37)20(13-22)6-11-28(38)34-24(12-19-4-2-1-3-5-19)17-31-23-8-9-26-25(15-23)21(16-32-26)14-29(39)40/h1-11,13,15-16,18,24,31-32H,12,14,17H2,(H,34,38)(H,39,40)/b11-6+/t24-/m0/s1. The number of tetrazole rings is 1. The largest absolute Gasteiger partial charge is 0.481 e.